The summed E-state index contributed by atoms with van der Waals surface area (Å²) in [7, 11) is 3.29. The van der Waals surface area contributed by atoms with E-state index in [1.807, 2.05) is 0 Å². The van der Waals surface area contributed by atoms with E-state index >= 15 is 0 Å². The van der Waals surface area contributed by atoms with Gasteiger partial charge in [-0.15, -0.1) is 0 Å². The van der Waals surface area contributed by atoms with Gasteiger partial charge in [-0.3, -0.25) is 0 Å². The fraction of sp³-hybridized carbons (Fsp3) is 0.429. The molecule has 21 heavy (non-hydrogen) atoms. The topological polar surface area (TPSA) is 93.7 Å². The first-order valence-electron chi connectivity index (χ1n) is 6.68. The molecule has 0 saturated carbocycles. The quantitative estimate of drug-likeness (QED) is 0.613. The van der Waals surface area contributed by atoms with Crippen molar-refractivity contribution in [2.75, 3.05) is 32.5 Å². The molecule has 0 aliphatic carbocycles. The largest absolute Gasteiger partial charge is 0.389 e. The van der Waals surface area contributed by atoms with Gasteiger partial charge in [0, 0.05) is 32.9 Å². The number of benzene rings is 1. The minimum Gasteiger partial charge on any atom is -0.389 e. The van der Waals surface area contributed by atoms with Gasteiger partial charge in [-0.05, 0) is 24.6 Å². The molecule has 0 radical (unpaired) electrons. The summed E-state index contributed by atoms with van der Waals surface area (Å²) < 4.78 is 0. The van der Waals surface area contributed by atoms with Crippen LogP contribution < -0.4 is 16.0 Å². The molecular formula is C14H22N4O3. The Morgan fingerprint density at radius 2 is 1.71 bits per heavy atom. The molecule has 1 aromatic carbocycles. The maximum Gasteiger partial charge on any atom is 0.319 e. The van der Waals surface area contributed by atoms with Gasteiger partial charge in [0.15, 0.2) is 0 Å². The molecule has 4 N–H and O–H groups in total. The highest BCUT2D eigenvalue weighted by Gasteiger charge is 2.04. The Morgan fingerprint density at radius 1 is 1.14 bits per heavy atom. The third-order valence-electron chi connectivity index (χ3n) is 2.74. The van der Waals surface area contributed by atoms with Crippen LogP contribution in [0.4, 0.5) is 15.3 Å². The monoisotopic (exact) mass is 294 g/mol. The van der Waals surface area contributed by atoms with E-state index in [0.717, 1.165) is 5.56 Å². The Bertz CT molecular complexity index is 472. The van der Waals surface area contributed by atoms with Crippen LogP contribution in [0.1, 0.15) is 18.6 Å². The van der Waals surface area contributed by atoms with E-state index in [9.17, 15) is 14.7 Å². The number of rotatable bonds is 5. The lowest BCUT2D eigenvalue weighted by atomic mass is 10.1. The molecule has 0 heterocycles. The number of hydrogen-bond donors (Lipinski definition) is 4. The van der Waals surface area contributed by atoms with Gasteiger partial charge in [0.25, 0.3) is 0 Å². The molecule has 0 bridgehead atoms. The van der Waals surface area contributed by atoms with Gasteiger partial charge < -0.3 is 26.0 Å². The molecule has 116 valence electrons. The Morgan fingerprint density at radius 3 is 2.24 bits per heavy atom. The third kappa shape index (κ3) is 6.13. The zero-order valence-corrected chi connectivity index (χ0v) is 12.5. The maximum absolute atomic E-state index is 11.6. The number of carbonyl (C=O) groups is 2. The zero-order chi connectivity index (χ0) is 15.8. The van der Waals surface area contributed by atoms with Crippen LogP contribution in [0.5, 0.6) is 0 Å². The number of nitrogens with zero attached hydrogens (tertiary/aromatic N) is 1. The molecule has 1 aromatic rings. The van der Waals surface area contributed by atoms with Gasteiger partial charge in [-0.1, -0.05) is 12.1 Å². The van der Waals surface area contributed by atoms with E-state index < -0.39 is 6.10 Å². The lowest BCUT2D eigenvalue weighted by molar-refractivity contribution is 0.199. The minimum absolute atomic E-state index is 0.203. The van der Waals surface area contributed by atoms with E-state index in [2.05, 4.69) is 16.0 Å². The highest BCUT2D eigenvalue weighted by molar-refractivity contribution is 5.89. The number of hydrogen-bond acceptors (Lipinski definition) is 3. The lowest BCUT2D eigenvalue weighted by Crippen LogP contribution is -2.40. The molecule has 7 heteroatoms. The fourth-order valence-corrected chi connectivity index (χ4v) is 1.52. The highest BCUT2D eigenvalue weighted by atomic mass is 16.3. The fourth-order valence-electron chi connectivity index (χ4n) is 1.52. The number of carbonyl (C=O) groups excluding carboxylic acids is 2. The summed E-state index contributed by atoms with van der Waals surface area (Å²) in [6.07, 6.45) is -0.534. The van der Waals surface area contributed by atoms with Crippen molar-refractivity contribution in [3.63, 3.8) is 0 Å². The Hall–Kier alpha value is -2.28. The lowest BCUT2D eigenvalue weighted by Gasteiger charge is -2.12. The first-order valence-corrected chi connectivity index (χ1v) is 6.68. The minimum atomic E-state index is -0.534. The predicted molar refractivity (Wildman–Crippen MR) is 81.2 cm³/mol. The van der Waals surface area contributed by atoms with Crippen molar-refractivity contribution in [2.24, 2.45) is 0 Å². The number of urea groups is 2. The van der Waals surface area contributed by atoms with Crippen molar-refractivity contribution < 1.29 is 14.7 Å². The van der Waals surface area contributed by atoms with E-state index in [1.54, 1.807) is 45.3 Å². The molecule has 1 unspecified atom stereocenters. The van der Waals surface area contributed by atoms with Crippen LogP contribution in [0.25, 0.3) is 0 Å². The Kier molecular flexibility index (Phi) is 6.48. The van der Waals surface area contributed by atoms with Crippen molar-refractivity contribution in [2.45, 2.75) is 13.0 Å². The van der Waals surface area contributed by atoms with Crippen molar-refractivity contribution >= 4 is 17.7 Å². The second-order valence-corrected chi connectivity index (χ2v) is 4.81. The first kappa shape index (κ1) is 16.8. The molecule has 0 aliphatic rings. The van der Waals surface area contributed by atoms with Gasteiger partial charge in [-0.25, -0.2) is 9.59 Å². The summed E-state index contributed by atoms with van der Waals surface area (Å²) in [5.41, 5.74) is 1.42. The van der Waals surface area contributed by atoms with E-state index in [4.69, 9.17) is 0 Å². The summed E-state index contributed by atoms with van der Waals surface area (Å²) >= 11 is 0. The third-order valence-corrected chi connectivity index (χ3v) is 2.74. The number of anilines is 1. The second kappa shape index (κ2) is 8.11. The first-order chi connectivity index (χ1) is 9.90. The Labute approximate surface area is 124 Å². The summed E-state index contributed by atoms with van der Waals surface area (Å²) in [5, 5.41) is 17.3. The molecule has 4 amide bonds. The summed E-state index contributed by atoms with van der Waals surface area (Å²) in [6.45, 7) is 2.36. The van der Waals surface area contributed by atoms with E-state index in [0.29, 0.717) is 18.8 Å². The SMILES string of the molecule is CC(O)c1ccc(NC(=O)NCCNC(=O)N(C)C)cc1. The van der Waals surface area contributed by atoms with Gasteiger partial charge in [0.2, 0.25) is 0 Å². The molecule has 0 aliphatic heterocycles. The molecule has 0 aromatic heterocycles. The average molecular weight is 294 g/mol. The van der Waals surface area contributed by atoms with Gasteiger partial charge in [-0.2, -0.15) is 0 Å². The van der Waals surface area contributed by atoms with Crippen molar-refractivity contribution in [1.29, 1.82) is 0 Å². The predicted octanol–water partition coefficient (Wildman–Crippen LogP) is 1.13. The molecule has 1 atom stereocenters. The summed E-state index contributed by atoms with van der Waals surface area (Å²) in [4.78, 5) is 24.3. The van der Waals surface area contributed by atoms with E-state index in [-0.39, 0.29) is 12.1 Å². The Balaban J connectivity index is 2.29. The van der Waals surface area contributed by atoms with Crippen LogP contribution in [0.2, 0.25) is 0 Å². The van der Waals surface area contributed by atoms with Crippen LogP contribution in [-0.4, -0.2) is 49.3 Å². The molecule has 0 saturated heterocycles. The van der Waals surface area contributed by atoms with Crippen molar-refractivity contribution in [3.8, 4) is 0 Å². The van der Waals surface area contributed by atoms with Crippen LogP contribution in [0.15, 0.2) is 24.3 Å². The van der Waals surface area contributed by atoms with Crippen LogP contribution in [-0.2, 0) is 0 Å². The molecule has 1 rings (SSSR count). The number of nitrogens with one attached hydrogen (secondary N) is 3. The molecular weight excluding hydrogens is 272 g/mol. The van der Waals surface area contributed by atoms with Crippen LogP contribution in [0, 0.1) is 0 Å². The normalized spacial score (nSPS) is 11.4. The average Bonchev–Trinajstić information content (AvgIpc) is 2.43. The summed E-state index contributed by atoms with van der Waals surface area (Å²) in [5.74, 6) is 0. The van der Waals surface area contributed by atoms with Gasteiger partial charge in [0.1, 0.15) is 0 Å². The molecule has 7 nitrogen and oxygen atoms in total. The highest BCUT2D eigenvalue weighted by Crippen LogP contribution is 2.15. The van der Waals surface area contributed by atoms with Gasteiger partial charge in [0.05, 0.1) is 6.10 Å². The maximum atomic E-state index is 11.6. The number of amides is 4. The van der Waals surface area contributed by atoms with Gasteiger partial charge >= 0.3 is 12.1 Å². The van der Waals surface area contributed by atoms with Crippen LogP contribution in [0.3, 0.4) is 0 Å². The van der Waals surface area contributed by atoms with Crippen LogP contribution >= 0.6 is 0 Å². The molecule has 0 spiro atoms. The molecule has 0 fully saturated rings. The zero-order valence-electron chi connectivity index (χ0n) is 12.5. The van der Waals surface area contributed by atoms with E-state index in [1.165, 1.54) is 4.90 Å². The number of aliphatic hydroxyl groups excluding tert-OH is 1. The number of aliphatic hydroxyl groups is 1. The summed E-state index contributed by atoms with van der Waals surface area (Å²) in [6, 6.07) is 6.38. The van der Waals surface area contributed by atoms with Crippen molar-refractivity contribution in [1.82, 2.24) is 15.5 Å². The second-order valence-electron chi connectivity index (χ2n) is 4.81. The smallest absolute Gasteiger partial charge is 0.319 e. The van der Waals surface area contributed by atoms with Crippen molar-refractivity contribution in [3.05, 3.63) is 29.8 Å². The standard InChI is InChI=1S/C14H22N4O3/c1-10(19)11-4-6-12(7-5-11)17-13(20)15-8-9-16-14(21)18(2)3/h4-7,10,19H,8-9H2,1-3H3,(H,16,21)(H2,15,17,20).